The highest BCUT2D eigenvalue weighted by molar-refractivity contribution is 6.31. The number of rotatable bonds is 2. The lowest BCUT2D eigenvalue weighted by atomic mass is 10.2. The van der Waals surface area contributed by atoms with Crippen LogP contribution in [0.3, 0.4) is 0 Å². The summed E-state index contributed by atoms with van der Waals surface area (Å²) in [6.45, 7) is 0. The number of carbonyl (C=O) groups is 1. The van der Waals surface area contributed by atoms with Gasteiger partial charge in [0.15, 0.2) is 0 Å². The maximum absolute atomic E-state index is 10.6. The topological polar surface area (TPSA) is 83.7 Å². The molecule has 1 amide bonds. The molecule has 0 bridgehead atoms. The third-order valence-corrected chi connectivity index (χ3v) is 2.02. The molecule has 1 aromatic rings. The number of amides is 1. The van der Waals surface area contributed by atoms with Gasteiger partial charge < -0.3 is 5.11 Å². The lowest BCUT2D eigenvalue weighted by Gasteiger charge is -2.12. The predicted molar refractivity (Wildman–Crippen MR) is 54.5 cm³/mol. The summed E-state index contributed by atoms with van der Waals surface area (Å²) in [6.07, 6.45) is -1.29. The van der Waals surface area contributed by atoms with Crippen LogP contribution in [0.25, 0.3) is 0 Å². The number of hydrogen-bond donors (Lipinski definition) is 1. The van der Waals surface area contributed by atoms with Crippen LogP contribution in [-0.4, -0.2) is 23.2 Å². The van der Waals surface area contributed by atoms with Gasteiger partial charge in [0.1, 0.15) is 5.69 Å². The maximum Gasteiger partial charge on any atom is 0.411 e. The highest BCUT2D eigenvalue weighted by Crippen LogP contribution is 2.30. The molecule has 0 aliphatic carbocycles. The molecule has 0 aliphatic heterocycles. The van der Waals surface area contributed by atoms with E-state index in [0.717, 1.165) is 11.0 Å². The first-order valence-corrected chi connectivity index (χ1v) is 4.22. The van der Waals surface area contributed by atoms with Crippen LogP contribution >= 0.6 is 11.6 Å². The molecule has 7 heteroatoms. The minimum Gasteiger partial charge on any atom is -0.465 e. The molecule has 1 aromatic carbocycles. The van der Waals surface area contributed by atoms with Crippen molar-refractivity contribution in [3.05, 3.63) is 33.3 Å². The van der Waals surface area contributed by atoms with Gasteiger partial charge in [0.05, 0.1) is 4.92 Å². The molecule has 0 spiro atoms. The van der Waals surface area contributed by atoms with Gasteiger partial charge in [-0.25, -0.2) is 4.79 Å². The Bertz CT molecular complexity index is 421. The highest BCUT2D eigenvalue weighted by Gasteiger charge is 2.20. The van der Waals surface area contributed by atoms with Crippen LogP contribution in [0.15, 0.2) is 18.2 Å². The summed E-state index contributed by atoms with van der Waals surface area (Å²) in [5, 5.41) is 19.5. The molecule has 0 radical (unpaired) electrons. The first-order valence-electron chi connectivity index (χ1n) is 3.84. The lowest BCUT2D eigenvalue weighted by molar-refractivity contribution is -0.384. The van der Waals surface area contributed by atoms with E-state index in [2.05, 4.69) is 0 Å². The summed E-state index contributed by atoms with van der Waals surface area (Å²) >= 11 is 5.63. The molecule has 0 heterocycles. The molecule has 0 aromatic heterocycles. The molecule has 1 rings (SSSR count). The summed E-state index contributed by atoms with van der Waals surface area (Å²) in [5.41, 5.74) is -0.357. The number of nitro benzene ring substituents is 1. The Balaban J connectivity index is 3.30. The van der Waals surface area contributed by atoms with Crippen LogP contribution in [0, 0.1) is 10.1 Å². The predicted octanol–water partition coefficient (Wildman–Crippen LogP) is 2.36. The first kappa shape index (κ1) is 11.3. The molecular weight excluding hydrogens is 224 g/mol. The van der Waals surface area contributed by atoms with Gasteiger partial charge in [0.2, 0.25) is 0 Å². The van der Waals surface area contributed by atoms with E-state index in [1.54, 1.807) is 0 Å². The van der Waals surface area contributed by atoms with Crippen LogP contribution < -0.4 is 4.90 Å². The van der Waals surface area contributed by atoms with Gasteiger partial charge in [-0.2, -0.15) is 0 Å². The Hall–Kier alpha value is -1.82. The molecule has 80 valence electrons. The number of anilines is 1. The number of carboxylic acid groups (broad SMARTS) is 1. The van der Waals surface area contributed by atoms with Gasteiger partial charge in [-0.15, -0.1) is 0 Å². The smallest absolute Gasteiger partial charge is 0.411 e. The van der Waals surface area contributed by atoms with Crippen LogP contribution in [0.5, 0.6) is 0 Å². The van der Waals surface area contributed by atoms with E-state index in [-0.39, 0.29) is 16.4 Å². The van der Waals surface area contributed by atoms with Gasteiger partial charge in [-0.1, -0.05) is 11.6 Å². The van der Waals surface area contributed by atoms with Gasteiger partial charge >= 0.3 is 6.09 Å². The van der Waals surface area contributed by atoms with Gasteiger partial charge in [0.25, 0.3) is 5.69 Å². The lowest BCUT2D eigenvalue weighted by Crippen LogP contribution is -2.24. The molecule has 15 heavy (non-hydrogen) atoms. The van der Waals surface area contributed by atoms with Crippen molar-refractivity contribution >= 4 is 29.1 Å². The van der Waals surface area contributed by atoms with Crippen molar-refractivity contribution in [2.75, 3.05) is 11.9 Å². The van der Waals surface area contributed by atoms with Crippen molar-refractivity contribution in [3.63, 3.8) is 0 Å². The normalized spacial score (nSPS) is 9.73. The highest BCUT2D eigenvalue weighted by atomic mass is 35.5. The van der Waals surface area contributed by atoms with Gasteiger partial charge in [-0.05, 0) is 12.1 Å². The molecule has 0 saturated heterocycles. The maximum atomic E-state index is 10.6. The van der Waals surface area contributed by atoms with E-state index in [1.165, 1.54) is 19.2 Å². The molecule has 0 fully saturated rings. The molecule has 0 aliphatic rings. The fourth-order valence-corrected chi connectivity index (χ4v) is 1.19. The van der Waals surface area contributed by atoms with Gasteiger partial charge in [-0.3, -0.25) is 15.0 Å². The second kappa shape index (κ2) is 4.14. The standard InChI is InChI=1S/C8H7ClN2O4/c1-10(8(12)13)7-4-5(9)2-3-6(7)11(14)15/h2-4H,1H3,(H,12,13). The SMILES string of the molecule is CN(C(=O)O)c1cc(Cl)ccc1[N+](=O)[O-]. The molecule has 6 nitrogen and oxygen atoms in total. The zero-order valence-electron chi connectivity index (χ0n) is 7.68. The molecule has 0 unspecified atom stereocenters. The van der Waals surface area contributed by atoms with E-state index in [4.69, 9.17) is 16.7 Å². The van der Waals surface area contributed by atoms with Crippen molar-refractivity contribution in [2.45, 2.75) is 0 Å². The first-order chi connectivity index (χ1) is 6.93. The summed E-state index contributed by atoms with van der Waals surface area (Å²) in [4.78, 5) is 21.3. The number of hydrogen-bond acceptors (Lipinski definition) is 3. The average Bonchev–Trinajstić information content (AvgIpc) is 2.15. The average molecular weight is 231 g/mol. The fraction of sp³-hybridized carbons (Fsp3) is 0.125. The number of nitrogens with zero attached hydrogens (tertiary/aromatic N) is 2. The van der Waals surface area contributed by atoms with E-state index >= 15 is 0 Å². The zero-order chi connectivity index (χ0) is 11.6. The zero-order valence-corrected chi connectivity index (χ0v) is 8.43. The molecule has 0 atom stereocenters. The minimum atomic E-state index is -1.29. The number of halogens is 1. The Kier molecular flexibility index (Phi) is 3.11. The third-order valence-electron chi connectivity index (χ3n) is 1.78. The van der Waals surface area contributed by atoms with Crippen molar-refractivity contribution < 1.29 is 14.8 Å². The van der Waals surface area contributed by atoms with Crippen molar-refractivity contribution in [2.24, 2.45) is 0 Å². The fourth-order valence-electron chi connectivity index (χ4n) is 1.02. The Morgan fingerprint density at radius 2 is 2.20 bits per heavy atom. The molecular formula is C8H7ClN2O4. The largest absolute Gasteiger partial charge is 0.465 e. The van der Waals surface area contributed by atoms with E-state index < -0.39 is 11.0 Å². The van der Waals surface area contributed by atoms with Crippen LogP contribution in [0.1, 0.15) is 0 Å². The van der Waals surface area contributed by atoms with Crippen LogP contribution in [-0.2, 0) is 0 Å². The second-order valence-corrected chi connectivity index (χ2v) is 3.17. The summed E-state index contributed by atoms with van der Waals surface area (Å²) in [6, 6.07) is 3.73. The monoisotopic (exact) mass is 230 g/mol. The summed E-state index contributed by atoms with van der Waals surface area (Å²) in [7, 11) is 1.21. The Morgan fingerprint density at radius 3 is 2.67 bits per heavy atom. The Morgan fingerprint density at radius 1 is 1.60 bits per heavy atom. The van der Waals surface area contributed by atoms with E-state index in [0.29, 0.717) is 0 Å². The van der Waals surface area contributed by atoms with Crippen molar-refractivity contribution in [1.82, 2.24) is 0 Å². The quantitative estimate of drug-likeness (QED) is 0.624. The number of benzene rings is 1. The molecule has 0 saturated carbocycles. The number of nitro groups is 1. The second-order valence-electron chi connectivity index (χ2n) is 2.73. The van der Waals surface area contributed by atoms with E-state index in [9.17, 15) is 14.9 Å². The van der Waals surface area contributed by atoms with E-state index in [1.807, 2.05) is 0 Å². The van der Waals surface area contributed by atoms with Crippen LogP contribution in [0.4, 0.5) is 16.2 Å². The third kappa shape index (κ3) is 2.35. The Labute approximate surface area is 89.8 Å². The van der Waals surface area contributed by atoms with Crippen molar-refractivity contribution in [3.8, 4) is 0 Å². The van der Waals surface area contributed by atoms with Crippen LogP contribution in [0.2, 0.25) is 5.02 Å². The van der Waals surface area contributed by atoms with Gasteiger partial charge in [0, 0.05) is 18.1 Å². The molecule has 1 N–H and O–H groups in total. The van der Waals surface area contributed by atoms with Crippen molar-refractivity contribution in [1.29, 1.82) is 0 Å². The summed E-state index contributed by atoms with van der Waals surface area (Å²) < 4.78 is 0. The summed E-state index contributed by atoms with van der Waals surface area (Å²) in [5.74, 6) is 0. The minimum absolute atomic E-state index is 0.0556.